The molecule has 0 aliphatic carbocycles. The van der Waals surface area contributed by atoms with Crippen molar-refractivity contribution in [3.05, 3.63) is 46.4 Å². The summed E-state index contributed by atoms with van der Waals surface area (Å²) in [5, 5.41) is 2.61. The summed E-state index contributed by atoms with van der Waals surface area (Å²) in [4.78, 5) is 23.7. The Hall–Kier alpha value is -2.12. The van der Waals surface area contributed by atoms with Gasteiger partial charge in [0.1, 0.15) is 10.1 Å². The van der Waals surface area contributed by atoms with Gasteiger partial charge in [0.25, 0.3) is 5.91 Å². The zero-order valence-electron chi connectivity index (χ0n) is 14.0. The number of benzene rings is 1. The number of hydrogen-bond donors (Lipinski definition) is 1. The molecule has 1 aromatic carbocycles. The molecule has 0 atom stereocenters. The van der Waals surface area contributed by atoms with Crippen LogP contribution in [0.2, 0.25) is 0 Å². The topological polar surface area (TPSA) is 64.6 Å². The number of para-hydroxylation sites is 1. The van der Waals surface area contributed by atoms with Crippen molar-refractivity contribution in [2.45, 2.75) is 19.8 Å². The van der Waals surface area contributed by atoms with E-state index in [9.17, 15) is 9.59 Å². The predicted molar refractivity (Wildman–Crippen MR) is 103 cm³/mol. The highest BCUT2D eigenvalue weighted by molar-refractivity contribution is 8.26. The number of nitrogens with one attached hydrogen (secondary N) is 1. The number of thioether (sulfide) groups is 1. The molecule has 0 aromatic heterocycles. The summed E-state index contributed by atoms with van der Waals surface area (Å²) in [6, 6.07) is 7.41. The number of ether oxygens (including phenoxy) is 2. The fourth-order valence-corrected chi connectivity index (χ4v) is 3.25. The van der Waals surface area contributed by atoms with Crippen LogP contribution >= 0.6 is 24.0 Å². The molecule has 1 saturated heterocycles. The molecule has 25 heavy (non-hydrogen) atoms. The number of thiocarbonyl (C=S) groups is 1. The number of esters is 1. The Kier molecular flexibility index (Phi) is 7.21. The van der Waals surface area contributed by atoms with Gasteiger partial charge < -0.3 is 14.8 Å². The zero-order valence-corrected chi connectivity index (χ0v) is 15.7. The van der Waals surface area contributed by atoms with Gasteiger partial charge in [0.2, 0.25) is 0 Å². The van der Waals surface area contributed by atoms with E-state index in [4.69, 9.17) is 17.0 Å². The van der Waals surface area contributed by atoms with E-state index in [1.54, 1.807) is 6.07 Å². The molecular weight excluding hydrogens is 358 g/mol. The molecule has 0 unspecified atom stereocenters. The summed E-state index contributed by atoms with van der Waals surface area (Å²) in [6.07, 6.45) is 5.53. The highest BCUT2D eigenvalue weighted by Gasteiger charge is 2.22. The maximum absolute atomic E-state index is 11.9. The number of rotatable bonds is 7. The van der Waals surface area contributed by atoms with Crippen LogP contribution in [0.5, 0.6) is 5.75 Å². The molecule has 1 fully saturated rings. The molecule has 1 amide bonds. The minimum Gasteiger partial charge on any atom is -0.481 e. The lowest BCUT2D eigenvalue weighted by Crippen LogP contribution is -2.17. The maximum atomic E-state index is 11.9. The van der Waals surface area contributed by atoms with Crippen LogP contribution in [0.1, 0.15) is 25.3 Å². The van der Waals surface area contributed by atoms with Crippen molar-refractivity contribution in [2.24, 2.45) is 0 Å². The van der Waals surface area contributed by atoms with Gasteiger partial charge in [-0.2, -0.15) is 0 Å². The predicted octanol–water partition coefficient (Wildman–Crippen LogP) is 3.45. The first-order valence-corrected chi connectivity index (χ1v) is 9.00. The number of allylic oxidation sites excluding steroid dienone is 2. The third-order valence-electron chi connectivity index (χ3n) is 3.33. The van der Waals surface area contributed by atoms with E-state index in [-0.39, 0.29) is 12.5 Å². The lowest BCUT2D eigenvalue weighted by atomic mass is 10.1. The first-order chi connectivity index (χ1) is 12.0. The van der Waals surface area contributed by atoms with Crippen LogP contribution in [0.4, 0.5) is 0 Å². The number of carbonyl (C=O) groups excluding carboxylic acids is 2. The fraction of sp³-hybridized carbons (Fsp3) is 0.278. The van der Waals surface area contributed by atoms with Crippen LogP contribution in [0, 0.1) is 0 Å². The second-order valence-corrected chi connectivity index (χ2v) is 6.94. The SMILES string of the molecule is CCCC(=Cc1ccccc1OCC(=O)OC)C=C1SC(=S)NC1=O. The summed E-state index contributed by atoms with van der Waals surface area (Å²) in [7, 11) is 1.32. The Labute approximate surface area is 156 Å². The first-order valence-electron chi connectivity index (χ1n) is 7.77. The van der Waals surface area contributed by atoms with Crippen molar-refractivity contribution in [3.63, 3.8) is 0 Å². The summed E-state index contributed by atoms with van der Waals surface area (Å²) in [5.41, 5.74) is 1.82. The summed E-state index contributed by atoms with van der Waals surface area (Å²) in [5.74, 6) is -0.0339. The monoisotopic (exact) mass is 377 g/mol. The van der Waals surface area contributed by atoms with Crippen LogP contribution in [-0.2, 0) is 14.3 Å². The minimum absolute atomic E-state index is 0.155. The third-order valence-corrected chi connectivity index (χ3v) is 4.49. The highest BCUT2D eigenvalue weighted by Crippen LogP contribution is 2.28. The second kappa shape index (κ2) is 9.39. The molecule has 5 nitrogen and oxygen atoms in total. The summed E-state index contributed by atoms with van der Waals surface area (Å²) >= 11 is 6.28. The van der Waals surface area contributed by atoms with Gasteiger partial charge in [0, 0.05) is 5.56 Å². The van der Waals surface area contributed by atoms with Crippen LogP contribution in [0.25, 0.3) is 6.08 Å². The Morgan fingerprint density at radius 1 is 1.36 bits per heavy atom. The average molecular weight is 377 g/mol. The molecule has 0 spiro atoms. The van der Waals surface area contributed by atoms with Crippen LogP contribution in [0.3, 0.4) is 0 Å². The molecule has 0 bridgehead atoms. The molecule has 1 aliphatic rings. The van der Waals surface area contributed by atoms with Crippen molar-refractivity contribution in [1.82, 2.24) is 5.32 Å². The van der Waals surface area contributed by atoms with Crippen molar-refractivity contribution in [2.75, 3.05) is 13.7 Å². The van der Waals surface area contributed by atoms with Crippen molar-refractivity contribution in [1.29, 1.82) is 0 Å². The number of amides is 1. The zero-order chi connectivity index (χ0) is 18.2. The van der Waals surface area contributed by atoms with Crippen LogP contribution in [0.15, 0.2) is 40.8 Å². The number of methoxy groups -OCH3 is 1. The Morgan fingerprint density at radius 2 is 2.12 bits per heavy atom. The van der Waals surface area contributed by atoms with Gasteiger partial charge in [-0.15, -0.1) is 0 Å². The minimum atomic E-state index is -0.442. The van der Waals surface area contributed by atoms with E-state index in [0.717, 1.165) is 24.0 Å². The van der Waals surface area contributed by atoms with Gasteiger partial charge >= 0.3 is 5.97 Å². The third kappa shape index (κ3) is 5.72. The smallest absolute Gasteiger partial charge is 0.343 e. The second-order valence-electron chi connectivity index (χ2n) is 5.22. The Bertz CT molecular complexity index is 740. The Morgan fingerprint density at radius 3 is 2.76 bits per heavy atom. The van der Waals surface area contributed by atoms with Gasteiger partial charge in [-0.05, 0) is 30.2 Å². The molecule has 1 heterocycles. The van der Waals surface area contributed by atoms with E-state index in [1.165, 1.54) is 18.9 Å². The normalized spacial score (nSPS) is 16.1. The Balaban J connectivity index is 2.28. The standard InChI is InChI=1S/C18H19NO4S2/c1-3-6-12(10-15-17(21)19-18(24)25-15)9-13-7-4-5-8-14(13)23-11-16(20)22-2/h4-5,7-10H,3,6,11H2,1-2H3,(H,19,21,24). The average Bonchev–Trinajstić information content (AvgIpc) is 2.91. The molecule has 2 rings (SSSR count). The molecule has 0 radical (unpaired) electrons. The van der Waals surface area contributed by atoms with Gasteiger partial charge in [0.15, 0.2) is 6.61 Å². The molecule has 132 valence electrons. The fourth-order valence-electron chi connectivity index (χ4n) is 2.19. The number of hydrogen-bond acceptors (Lipinski definition) is 6. The summed E-state index contributed by atoms with van der Waals surface area (Å²) in [6.45, 7) is 1.91. The maximum Gasteiger partial charge on any atom is 0.343 e. The lowest BCUT2D eigenvalue weighted by Gasteiger charge is -2.09. The van der Waals surface area contributed by atoms with Gasteiger partial charge in [-0.25, -0.2) is 4.79 Å². The quantitative estimate of drug-likeness (QED) is 0.446. The van der Waals surface area contributed by atoms with Crippen LogP contribution < -0.4 is 10.1 Å². The molecule has 1 N–H and O–H groups in total. The van der Waals surface area contributed by atoms with E-state index >= 15 is 0 Å². The van der Waals surface area contributed by atoms with Crippen LogP contribution in [-0.4, -0.2) is 29.9 Å². The highest BCUT2D eigenvalue weighted by atomic mass is 32.2. The molecular formula is C18H19NO4S2. The summed E-state index contributed by atoms with van der Waals surface area (Å²) < 4.78 is 10.6. The van der Waals surface area contributed by atoms with E-state index in [1.807, 2.05) is 30.4 Å². The van der Waals surface area contributed by atoms with Crippen molar-refractivity contribution < 1.29 is 19.1 Å². The van der Waals surface area contributed by atoms with Gasteiger partial charge in [0.05, 0.1) is 12.0 Å². The first kappa shape index (κ1) is 19.2. The largest absolute Gasteiger partial charge is 0.481 e. The lowest BCUT2D eigenvalue weighted by molar-refractivity contribution is -0.142. The molecule has 0 saturated carbocycles. The molecule has 1 aromatic rings. The van der Waals surface area contributed by atoms with Crippen molar-refractivity contribution in [3.8, 4) is 5.75 Å². The van der Waals surface area contributed by atoms with E-state index in [0.29, 0.717) is 15.0 Å². The van der Waals surface area contributed by atoms with Crippen molar-refractivity contribution >= 4 is 46.3 Å². The molecule has 7 heteroatoms. The molecule has 1 aliphatic heterocycles. The van der Waals surface area contributed by atoms with E-state index in [2.05, 4.69) is 17.0 Å². The van der Waals surface area contributed by atoms with E-state index < -0.39 is 5.97 Å². The van der Waals surface area contributed by atoms with Gasteiger partial charge in [-0.1, -0.05) is 55.5 Å². The van der Waals surface area contributed by atoms with Gasteiger partial charge in [-0.3, -0.25) is 4.79 Å². The number of carbonyl (C=O) groups is 2.